The number of aliphatic carboxylic acids is 1. The van der Waals surface area contributed by atoms with Crippen LogP contribution in [0.3, 0.4) is 0 Å². The summed E-state index contributed by atoms with van der Waals surface area (Å²) < 4.78 is 0. The first-order valence-electron chi connectivity index (χ1n) is 8.50. The molecule has 2 unspecified atom stereocenters. The van der Waals surface area contributed by atoms with Crippen LogP contribution in [0.15, 0.2) is 35.9 Å². The fourth-order valence-corrected chi connectivity index (χ4v) is 3.32. The molecule has 7 nitrogen and oxygen atoms in total. The van der Waals surface area contributed by atoms with Gasteiger partial charge in [-0.05, 0) is 18.4 Å². The Balaban J connectivity index is 1.53. The molecule has 1 aromatic carbocycles. The molecule has 0 radical (unpaired) electrons. The number of carbonyl (C=O) groups is 1. The van der Waals surface area contributed by atoms with E-state index in [1.807, 2.05) is 29.2 Å². The molecule has 2 fully saturated rings. The Morgan fingerprint density at radius 2 is 2.04 bits per heavy atom. The van der Waals surface area contributed by atoms with Crippen molar-refractivity contribution in [1.82, 2.24) is 10.4 Å². The van der Waals surface area contributed by atoms with Crippen LogP contribution in [-0.4, -0.2) is 47.5 Å². The molecule has 7 heteroatoms. The lowest BCUT2D eigenvalue weighted by Crippen LogP contribution is -2.35. The number of benzene rings is 1. The molecular formula is C18H24N4O3. The maximum atomic E-state index is 10.8. The van der Waals surface area contributed by atoms with Crippen molar-refractivity contribution in [3.8, 4) is 0 Å². The third-order valence-electron chi connectivity index (χ3n) is 4.73. The number of nitrogen functional groups attached to an aromatic ring is 1. The zero-order valence-electron chi connectivity index (χ0n) is 14.1. The molecule has 0 aliphatic carbocycles. The van der Waals surface area contributed by atoms with Crippen LogP contribution in [0.25, 0.3) is 0 Å². The van der Waals surface area contributed by atoms with Crippen LogP contribution in [0.2, 0.25) is 0 Å². The number of nitrogens with zero attached hydrogens (tertiary/aromatic N) is 1. The number of amidine groups is 1. The molecule has 0 bridgehead atoms. The standard InChI is InChI=1S/C18H24N4O3/c19-18(20)14-3-1-13(2-4-14)16-10-15(25-21-16)9-12-5-7-22(8-6-12)11-17(23)24/h1-4,9,15-16,21H,5-8,10-11H2,(H3,19,20)(H,23,24). The number of hydroxylamine groups is 1. The number of nitrogens with one attached hydrogen (secondary N) is 2. The van der Waals surface area contributed by atoms with Crippen LogP contribution in [0.5, 0.6) is 0 Å². The minimum Gasteiger partial charge on any atom is -0.480 e. The molecule has 2 heterocycles. The molecule has 0 amide bonds. The van der Waals surface area contributed by atoms with Crippen molar-refractivity contribution in [3.63, 3.8) is 0 Å². The van der Waals surface area contributed by atoms with Crippen molar-refractivity contribution in [2.75, 3.05) is 19.6 Å². The average Bonchev–Trinajstić information content (AvgIpc) is 3.05. The third kappa shape index (κ3) is 4.66. The van der Waals surface area contributed by atoms with E-state index in [-0.39, 0.29) is 24.5 Å². The maximum Gasteiger partial charge on any atom is 0.317 e. The fourth-order valence-electron chi connectivity index (χ4n) is 3.32. The summed E-state index contributed by atoms with van der Waals surface area (Å²) >= 11 is 0. The summed E-state index contributed by atoms with van der Waals surface area (Å²) in [4.78, 5) is 18.4. The Morgan fingerprint density at radius 1 is 1.36 bits per heavy atom. The average molecular weight is 344 g/mol. The van der Waals surface area contributed by atoms with Crippen molar-refractivity contribution in [1.29, 1.82) is 5.41 Å². The highest BCUT2D eigenvalue weighted by Crippen LogP contribution is 2.28. The minimum absolute atomic E-state index is 0.0264. The lowest BCUT2D eigenvalue weighted by Gasteiger charge is -2.27. The summed E-state index contributed by atoms with van der Waals surface area (Å²) in [5.74, 6) is -0.701. The number of rotatable bonds is 5. The van der Waals surface area contributed by atoms with E-state index in [0.29, 0.717) is 0 Å². The van der Waals surface area contributed by atoms with Crippen LogP contribution in [0.1, 0.15) is 36.4 Å². The maximum absolute atomic E-state index is 10.8. The van der Waals surface area contributed by atoms with E-state index < -0.39 is 5.97 Å². The topological polar surface area (TPSA) is 112 Å². The van der Waals surface area contributed by atoms with E-state index >= 15 is 0 Å². The first-order chi connectivity index (χ1) is 12.0. The second-order valence-electron chi connectivity index (χ2n) is 6.59. The van der Waals surface area contributed by atoms with E-state index in [9.17, 15) is 4.79 Å². The first-order valence-corrected chi connectivity index (χ1v) is 8.50. The van der Waals surface area contributed by atoms with E-state index in [1.165, 1.54) is 5.57 Å². The summed E-state index contributed by atoms with van der Waals surface area (Å²) in [5.41, 5.74) is 11.7. The molecule has 2 atom stereocenters. The molecule has 2 aliphatic rings. The highest BCUT2D eigenvalue weighted by atomic mass is 16.7. The van der Waals surface area contributed by atoms with Gasteiger partial charge in [-0.1, -0.05) is 35.9 Å². The molecule has 2 saturated heterocycles. The van der Waals surface area contributed by atoms with E-state index in [4.69, 9.17) is 21.1 Å². The monoisotopic (exact) mass is 344 g/mol. The predicted octanol–water partition coefficient (Wildman–Crippen LogP) is 1.41. The lowest BCUT2D eigenvalue weighted by molar-refractivity contribution is -0.138. The minimum atomic E-state index is -0.769. The number of hydrogen-bond donors (Lipinski definition) is 4. The van der Waals surface area contributed by atoms with E-state index in [2.05, 4.69) is 11.6 Å². The smallest absolute Gasteiger partial charge is 0.317 e. The quantitative estimate of drug-likeness (QED) is 0.365. The molecule has 3 rings (SSSR count). The van der Waals surface area contributed by atoms with E-state index in [1.54, 1.807) is 0 Å². The van der Waals surface area contributed by atoms with Gasteiger partial charge in [0.15, 0.2) is 0 Å². The van der Waals surface area contributed by atoms with Gasteiger partial charge < -0.3 is 10.8 Å². The van der Waals surface area contributed by atoms with Crippen molar-refractivity contribution in [2.45, 2.75) is 31.4 Å². The van der Waals surface area contributed by atoms with E-state index in [0.717, 1.165) is 43.5 Å². The number of hydrogen-bond acceptors (Lipinski definition) is 5. The zero-order valence-corrected chi connectivity index (χ0v) is 14.1. The number of piperidine rings is 1. The van der Waals surface area contributed by atoms with Gasteiger partial charge in [0, 0.05) is 25.1 Å². The summed E-state index contributed by atoms with van der Waals surface area (Å²) in [6.07, 6.45) is 4.84. The highest BCUT2D eigenvalue weighted by Gasteiger charge is 2.26. The highest BCUT2D eigenvalue weighted by molar-refractivity contribution is 5.94. The van der Waals surface area contributed by atoms with Gasteiger partial charge in [0.1, 0.15) is 5.84 Å². The van der Waals surface area contributed by atoms with Crippen molar-refractivity contribution >= 4 is 11.8 Å². The second kappa shape index (κ2) is 7.77. The van der Waals surface area contributed by atoms with Crippen molar-refractivity contribution in [3.05, 3.63) is 47.0 Å². The number of carboxylic acid groups (broad SMARTS) is 1. The van der Waals surface area contributed by atoms with Crippen LogP contribution in [0, 0.1) is 5.41 Å². The molecule has 0 saturated carbocycles. The summed E-state index contributed by atoms with van der Waals surface area (Å²) in [6, 6.07) is 7.76. The molecule has 25 heavy (non-hydrogen) atoms. The van der Waals surface area contributed by atoms with Gasteiger partial charge in [0.05, 0.1) is 18.7 Å². The summed E-state index contributed by atoms with van der Waals surface area (Å²) in [6.45, 7) is 1.69. The van der Waals surface area contributed by atoms with Gasteiger partial charge in [0.25, 0.3) is 0 Å². The number of likely N-dealkylation sites (tertiary alicyclic amines) is 1. The fraction of sp³-hybridized carbons (Fsp3) is 0.444. The normalized spacial score (nSPS) is 24.2. The van der Waals surface area contributed by atoms with Gasteiger partial charge in [-0.3, -0.25) is 19.9 Å². The number of nitrogens with two attached hydrogens (primary N) is 1. The van der Waals surface area contributed by atoms with Gasteiger partial charge in [-0.15, -0.1) is 0 Å². The summed E-state index contributed by atoms with van der Waals surface area (Å²) in [7, 11) is 0. The Hall–Kier alpha value is -2.22. The van der Waals surface area contributed by atoms with Crippen LogP contribution >= 0.6 is 0 Å². The Bertz CT molecular complexity index is 661. The lowest BCUT2D eigenvalue weighted by atomic mass is 9.97. The molecule has 0 spiro atoms. The summed E-state index contributed by atoms with van der Waals surface area (Å²) in [5, 5.41) is 16.3. The molecule has 0 aromatic heterocycles. The largest absolute Gasteiger partial charge is 0.480 e. The Kier molecular flexibility index (Phi) is 5.47. The van der Waals surface area contributed by atoms with Crippen molar-refractivity contribution in [2.24, 2.45) is 5.73 Å². The van der Waals surface area contributed by atoms with Crippen molar-refractivity contribution < 1.29 is 14.7 Å². The van der Waals surface area contributed by atoms with Gasteiger partial charge in [0.2, 0.25) is 0 Å². The molecule has 2 aliphatic heterocycles. The molecular weight excluding hydrogens is 320 g/mol. The SMILES string of the molecule is N=C(N)c1ccc(C2CC(C=C3CCN(CC(=O)O)CC3)ON2)cc1. The Labute approximate surface area is 146 Å². The Morgan fingerprint density at radius 3 is 2.64 bits per heavy atom. The predicted molar refractivity (Wildman–Crippen MR) is 94.2 cm³/mol. The van der Waals surface area contributed by atoms with Crippen LogP contribution < -0.4 is 11.2 Å². The van der Waals surface area contributed by atoms with Crippen LogP contribution in [-0.2, 0) is 9.63 Å². The van der Waals surface area contributed by atoms with Gasteiger partial charge in [-0.25, -0.2) is 0 Å². The molecule has 5 N–H and O–H groups in total. The molecule has 134 valence electrons. The zero-order chi connectivity index (χ0) is 17.8. The van der Waals surface area contributed by atoms with Gasteiger partial charge >= 0.3 is 5.97 Å². The molecule has 1 aromatic rings. The second-order valence-corrected chi connectivity index (χ2v) is 6.59. The number of carboxylic acids is 1. The third-order valence-corrected chi connectivity index (χ3v) is 4.73. The first kappa shape index (κ1) is 17.6. The van der Waals surface area contributed by atoms with Crippen LogP contribution in [0.4, 0.5) is 0 Å². The van der Waals surface area contributed by atoms with Gasteiger partial charge in [-0.2, -0.15) is 5.48 Å².